The number of nitrogens with one attached hydrogen (secondary N) is 2. The number of carbonyl (C=O) groups excluding carboxylic acids is 1. The van der Waals surface area contributed by atoms with Gasteiger partial charge in [0.05, 0.1) is 6.10 Å². The Kier molecular flexibility index (Phi) is 4.52. The van der Waals surface area contributed by atoms with E-state index in [1.54, 1.807) is 24.5 Å². The van der Waals surface area contributed by atoms with E-state index in [4.69, 9.17) is 0 Å². The number of aliphatic hydroxyl groups excluding tert-OH is 1. The molecule has 1 heterocycles. The highest BCUT2D eigenvalue weighted by atomic mass is 16.3. The predicted octanol–water partition coefficient (Wildman–Crippen LogP) is 1.36. The first-order valence-electron chi connectivity index (χ1n) is 6.38. The number of pyridine rings is 1. The maximum atomic E-state index is 11.6. The van der Waals surface area contributed by atoms with E-state index in [-0.39, 0.29) is 12.6 Å². The van der Waals surface area contributed by atoms with Crippen LogP contribution >= 0.6 is 0 Å². The molecule has 0 spiro atoms. The van der Waals surface area contributed by atoms with Crippen LogP contribution in [0, 0.1) is 0 Å². The van der Waals surface area contributed by atoms with Gasteiger partial charge in [-0.15, -0.1) is 0 Å². The zero-order chi connectivity index (χ0) is 12.8. The molecular formula is C13H19N3O2. The van der Waals surface area contributed by atoms with Gasteiger partial charge in [-0.2, -0.15) is 0 Å². The average Bonchev–Trinajstić information content (AvgIpc) is 2.90. The first-order chi connectivity index (χ1) is 8.75. The normalized spacial score (nSPS) is 17.4. The van der Waals surface area contributed by atoms with Crippen LogP contribution in [-0.2, 0) is 0 Å². The summed E-state index contributed by atoms with van der Waals surface area (Å²) in [5, 5.41) is 15.5. The van der Waals surface area contributed by atoms with E-state index >= 15 is 0 Å². The first kappa shape index (κ1) is 12.8. The molecule has 1 aromatic rings. The van der Waals surface area contributed by atoms with E-state index in [9.17, 15) is 9.90 Å². The van der Waals surface area contributed by atoms with Gasteiger partial charge in [0, 0.05) is 25.0 Å². The highest BCUT2D eigenvalue weighted by Gasteiger charge is 2.17. The number of hydrogen-bond acceptors (Lipinski definition) is 3. The van der Waals surface area contributed by atoms with Crippen LogP contribution in [0.4, 0.5) is 4.79 Å². The van der Waals surface area contributed by atoms with Gasteiger partial charge in [-0.05, 0) is 30.5 Å². The van der Waals surface area contributed by atoms with Gasteiger partial charge in [-0.25, -0.2) is 4.79 Å². The third-order valence-corrected chi connectivity index (χ3v) is 3.24. The maximum Gasteiger partial charge on any atom is 0.315 e. The maximum absolute atomic E-state index is 11.6. The summed E-state index contributed by atoms with van der Waals surface area (Å²) in [6.07, 6.45) is 7.03. The molecule has 1 aliphatic carbocycles. The van der Waals surface area contributed by atoms with E-state index in [2.05, 4.69) is 15.6 Å². The molecule has 0 radical (unpaired) electrons. The molecule has 2 amide bonds. The van der Waals surface area contributed by atoms with Crippen LogP contribution in [-0.4, -0.2) is 28.7 Å². The Morgan fingerprint density at radius 3 is 2.72 bits per heavy atom. The lowest BCUT2D eigenvalue weighted by Crippen LogP contribution is -2.42. The zero-order valence-corrected chi connectivity index (χ0v) is 10.3. The molecule has 0 bridgehead atoms. The molecule has 0 aliphatic heterocycles. The van der Waals surface area contributed by atoms with Crippen LogP contribution in [0.15, 0.2) is 24.5 Å². The van der Waals surface area contributed by atoms with Crippen molar-refractivity contribution in [1.29, 1.82) is 0 Å². The van der Waals surface area contributed by atoms with E-state index in [0.29, 0.717) is 6.04 Å². The summed E-state index contributed by atoms with van der Waals surface area (Å²) >= 11 is 0. The fourth-order valence-electron chi connectivity index (χ4n) is 2.20. The molecule has 1 fully saturated rings. The molecule has 98 valence electrons. The summed E-state index contributed by atoms with van der Waals surface area (Å²) < 4.78 is 0. The van der Waals surface area contributed by atoms with Crippen molar-refractivity contribution < 1.29 is 9.90 Å². The number of hydrogen-bond donors (Lipinski definition) is 3. The second-order valence-corrected chi connectivity index (χ2v) is 4.63. The number of rotatable bonds is 4. The van der Waals surface area contributed by atoms with Gasteiger partial charge in [-0.3, -0.25) is 4.98 Å². The van der Waals surface area contributed by atoms with E-state index in [1.165, 1.54) is 12.8 Å². The molecule has 3 N–H and O–H groups in total. The average molecular weight is 249 g/mol. The summed E-state index contributed by atoms with van der Waals surface area (Å²) in [7, 11) is 0. The van der Waals surface area contributed by atoms with Crippen molar-refractivity contribution in [2.75, 3.05) is 6.54 Å². The highest BCUT2D eigenvalue weighted by Crippen LogP contribution is 2.17. The summed E-state index contributed by atoms with van der Waals surface area (Å²) in [6, 6.07) is 3.57. The van der Waals surface area contributed by atoms with Crippen LogP contribution in [0.3, 0.4) is 0 Å². The Hall–Kier alpha value is -1.62. The minimum absolute atomic E-state index is 0.199. The number of aliphatic hydroxyl groups is 1. The Balaban J connectivity index is 1.72. The van der Waals surface area contributed by atoms with Crippen LogP contribution in [0.25, 0.3) is 0 Å². The van der Waals surface area contributed by atoms with Crippen molar-refractivity contribution in [3.05, 3.63) is 30.1 Å². The third kappa shape index (κ3) is 3.70. The van der Waals surface area contributed by atoms with Crippen LogP contribution < -0.4 is 10.6 Å². The minimum atomic E-state index is -0.692. The minimum Gasteiger partial charge on any atom is -0.387 e. The Bertz CT molecular complexity index is 377. The molecule has 0 aromatic carbocycles. The summed E-state index contributed by atoms with van der Waals surface area (Å²) in [4.78, 5) is 15.5. The van der Waals surface area contributed by atoms with Gasteiger partial charge >= 0.3 is 6.03 Å². The molecule has 5 nitrogen and oxygen atoms in total. The highest BCUT2D eigenvalue weighted by molar-refractivity contribution is 5.74. The van der Waals surface area contributed by atoms with E-state index in [1.807, 2.05) is 0 Å². The zero-order valence-electron chi connectivity index (χ0n) is 10.3. The summed E-state index contributed by atoms with van der Waals surface area (Å²) in [6.45, 7) is 0.211. The standard InChI is InChI=1S/C13H19N3O2/c17-12(10-5-7-14-8-6-10)9-15-13(18)16-11-3-1-2-4-11/h5-8,11-12,17H,1-4,9H2,(H2,15,16,18). The van der Waals surface area contributed by atoms with Gasteiger partial charge < -0.3 is 15.7 Å². The van der Waals surface area contributed by atoms with E-state index < -0.39 is 6.10 Å². The van der Waals surface area contributed by atoms with Crippen molar-refractivity contribution in [1.82, 2.24) is 15.6 Å². The fourth-order valence-corrected chi connectivity index (χ4v) is 2.20. The lowest BCUT2D eigenvalue weighted by molar-refractivity contribution is 0.172. The molecule has 1 aromatic heterocycles. The van der Waals surface area contributed by atoms with Crippen molar-refractivity contribution >= 4 is 6.03 Å². The topological polar surface area (TPSA) is 74.2 Å². The van der Waals surface area contributed by atoms with Crippen LogP contribution in [0.5, 0.6) is 0 Å². The molecular weight excluding hydrogens is 230 g/mol. The number of carbonyl (C=O) groups is 1. The first-order valence-corrected chi connectivity index (χ1v) is 6.38. The smallest absolute Gasteiger partial charge is 0.315 e. The third-order valence-electron chi connectivity index (χ3n) is 3.24. The SMILES string of the molecule is O=C(NCC(O)c1ccncc1)NC1CCCC1. The molecule has 2 rings (SSSR count). The second kappa shape index (κ2) is 6.35. The fraction of sp³-hybridized carbons (Fsp3) is 0.538. The lowest BCUT2D eigenvalue weighted by Gasteiger charge is -2.15. The number of aromatic nitrogens is 1. The van der Waals surface area contributed by atoms with Crippen molar-refractivity contribution in [3.63, 3.8) is 0 Å². The van der Waals surface area contributed by atoms with Gasteiger partial charge in [0.1, 0.15) is 0 Å². The van der Waals surface area contributed by atoms with Crippen molar-refractivity contribution in [3.8, 4) is 0 Å². The van der Waals surface area contributed by atoms with Crippen molar-refractivity contribution in [2.45, 2.75) is 37.8 Å². The van der Waals surface area contributed by atoms with Crippen molar-refractivity contribution in [2.24, 2.45) is 0 Å². The molecule has 1 aliphatic rings. The van der Waals surface area contributed by atoms with E-state index in [0.717, 1.165) is 18.4 Å². The Morgan fingerprint density at radius 2 is 2.06 bits per heavy atom. The molecule has 5 heteroatoms. The molecule has 1 saturated carbocycles. The van der Waals surface area contributed by atoms with Crippen LogP contribution in [0.1, 0.15) is 37.4 Å². The lowest BCUT2D eigenvalue weighted by atomic mass is 10.1. The number of nitrogens with zero attached hydrogens (tertiary/aromatic N) is 1. The number of urea groups is 1. The monoisotopic (exact) mass is 249 g/mol. The number of amides is 2. The van der Waals surface area contributed by atoms with Gasteiger partial charge in [-0.1, -0.05) is 12.8 Å². The largest absolute Gasteiger partial charge is 0.387 e. The molecule has 1 unspecified atom stereocenters. The van der Waals surface area contributed by atoms with Crippen LogP contribution in [0.2, 0.25) is 0 Å². The second-order valence-electron chi connectivity index (χ2n) is 4.63. The Morgan fingerprint density at radius 1 is 1.39 bits per heavy atom. The van der Waals surface area contributed by atoms with Gasteiger partial charge in [0.25, 0.3) is 0 Å². The quantitative estimate of drug-likeness (QED) is 0.754. The summed E-state index contributed by atoms with van der Waals surface area (Å²) in [5.74, 6) is 0. The van der Waals surface area contributed by atoms with Gasteiger partial charge in [0.2, 0.25) is 0 Å². The molecule has 1 atom stereocenters. The molecule has 0 saturated heterocycles. The summed E-state index contributed by atoms with van der Waals surface area (Å²) in [5.41, 5.74) is 0.756. The Labute approximate surface area is 107 Å². The predicted molar refractivity (Wildman–Crippen MR) is 68.0 cm³/mol. The van der Waals surface area contributed by atoms with Gasteiger partial charge in [0.15, 0.2) is 0 Å². The molecule has 18 heavy (non-hydrogen) atoms.